The predicted octanol–water partition coefficient (Wildman–Crippen LogP) is 2.71. The van der Waals surface area contributed by atoms with Crippen molar-refractivity contribution in [1.29, 1.82) is 0 Å². The number of hydrogen-bond acceptors (Lipinski definition) is 3. The highest BCUT2D eigenvalue weighted by molar-refractivity contribution is 9.12. The molecule has 1 aromatic carbocycles. The van der Waals surface area contributed by atoms with Gasteiger partial charge in [-0.05, 0) is 37.3 Å². The number of likely N-dealkylation sites (tertiary alicyclic amines) is 1. The molecule has 132 valence electrons. The number of carbonyl (C=O) groups excluding carboxylic acids is 3. The van der Waals surface area contributed by atoms with Crippen molar-refractivity contribution in [2.75, 3.05) is 11.9 Å². The van der Waals surface area contributed by atoms with Gasteiger partial charge in [0.05, 0.1) is 11.8 Å². The maximum atomic E-state index is 12.8. The van der Waals surface area contributed by atoms with Crippen LogP contribution in [0.2, 0.25) is 0 Å². The average molecular weight is 470 g/mol. The Morgan fingerprint density at radius 2 is 1.60 bits per heavy atom. The molecular formula is C18H18Br2N2O3. The Labute approximate surface area is 162 Å². The van der Waals surface area contributed by atoms with E-state index in [-0.39, 0.29) is 57.6 Å². The molecule has 2 saturated carbocycles. The highest BCUT2D eigenvalue weighted by Gasteiger charge is 2.66. The van der Waals surface area contributed by atoms with E-state index in [4.69, 9.17) is 0 Å². The first kappa shape index (κ1) is 17.2. The van der Waals surface area contributed by atoms with Crippen molar-refractivity contribution in [1.82, 2.24) is 4.90 Å². The zero-order valence-electron chi connectivity index (χ0n) is 13.6. The van der Waals surface area contributed by atoms with Gasteiger partial charge in [0.2, 0.25) is 17.7 Å². The van der Waals surface area contributed by atoms with Crippen molar-refractivity contribution in [3.8, 4) is 0 Å². The minimum Gasteiger partial charge on any atom is -0.325 e. The van der Waals surface area contributed by atoms with Crippen LogP contribution in [0.4, 0.5) is 5.69 Å². The minimum atomic E-state index is -0.344. The first-order valence-electron chi connectivity index (χ1n) is 8.38. The molecular weight excluding hydrogens is 452 g/mol. The number of fused-ring (bicyclic) bond motifs is 5. The molecule has 4 rings (SSSR count). The highest BCUT2D eigenvalue weighted by atomic mass is 79.9. The molecule has 1 aliphatic heterocycles. The third kappa shape index (κ3) is 2.67. The van der Waals surface area contributed by atoms with Gasteiger partial charge in [-0.3, -0.25) is 19.3 Å². The Kier molecular flexibility index (Phi) is 4.27. The lowest BCUT2D eigenvalue weighted by atomic mass is 9.81. The van der Waals surface area contributed by atoms with E-state index in [0.29, 0.717) is 5.69 Å². The number of hydrogen-bond donors (Lipinski definition) is 1. The SMILES string of the molecule is Cc1ccc(NC(=O)CN2C(=O)[C@@H]3[C@H]4C[C@@H]([C@H](Br)[C@H]4Br)[C@@H]3C2=O)cc1. The Hall–Kier alpha value is -1.21. The van der Waals surface area contributed by atoms with Crippen LogP contribution < -0.4 is 5.32 Å². The first-order chi connectivity index (χ1) is 11.9. The van der Waals surface area contributed by atoms with Gasteiger partial charge in [-0.25, -0.2) is 0 Å². The summed E-state index contributed by atoms with van der Waals surface area (Å²) in [6.45, 7) is 1.76. The van der Waals surface area contributed by atoms with Gasteiger partial charge in [-0.1, -0.05) is 49.6 Å². The third-order valence-corrected chi connectivity index (χ3v) is 8.92. The maximum Gasteiger partial charge on any atom is 0.244 e. The second-order valence-electron chi connectivity index (χ2n) is 7.18. The molecule has 3 amide bonds. The number of amides is 3. The molecule has 25 heavy (non-hydrogen) atoms. The van der Waals surface area contributed by atoms with Crippen LogP contribution in [0.15, 0.2) is 24.3 Å². The van der Waals surface area contributed by atoms with Gasteiger partial charge in [0.1, 0.15) is 6.54 Å². The molecule has 0 unspecified atom stereocenters. The Morgan fingerprint density at radius 1 is 1.08 bits per heavy atom. The fourth-order valence-corrected chi connectivity index (χ4v) is 6.42. The summed E-state index contributed by atoms with van der Waals surface area (Å²) in [6, 6.07) is 7.41. The highest BCUT2D eigenvalue weighted by Crippen LogP contribution is 2.60. The molecule has 3 fully saturated rings. The van der Waals surface area contributed by atoms with Crippen molar-refractivity contribution in [2.24, 2.45) is 23.7 Å². The molecule has 1 aromatic rings. The normalized spacial score (nSPS) is 36.0. The number of aryl methyl sites for hydroxylation is 1. The van der Waals surface area contributed by atoms with Crippen molar-refractivity contribution >= 4 is 55.3 Å². The molecule has 2 aliphatic carbocycles. The molecule has 6 atom stereocenters. The summed E-state index contributed by atoms with van der Waals surface area (Å²) in [4.78, 5) is 39.4. The van der Waals surface area contributed by atoms with Crippen LogP contribution >= 0.6 is 31.9 Å². The third-order valence-electron chi connectivity index (χ3n) is 5.72. The molecule has 5 nitrogen and oxygen atoms in total. The fourth-order valence-electron chi connectivity index (χ4n) is 4.55. The molecule has 0 aromatic heterocycles. The van der Waals surface area contributed by atoms with Crippen LogP contribution in [0.25, 0.3) is 0 Å². The molecule has 0 radical (unpaired) electrons. The summed E-state index contributed by atoms with van der Waals surface area (Å²) in [5, 5.41) is 2.75. The van der Waals surface area contributed by atoms with Crippen LogP contribution in [0.3, 0.4) is 0 Å². The number of carbonyl (C=O) groups is 3. The number of halogens is 2. The second kappa shape index (κ2) is 6.20. The monoisotopic (exact) mass is 468 g/mol. The van der Waals surface area contributed by atoms with E-state index in [1.54, 1.807) is 12.1 Å². The Balaban J connectivity index is 1.47. The van der Waals surface area contributed by atoms with Gasteiger partial charge >= 0.3 is 0 Å². The Morgan fingerprint density at radius 3 is 2.12 bits per heavy atom. The fraction of sp³-hybridized carbons (Fsp3) is 0.500. The van der Waals surface area contributed by atoms with Crippen LogP contribution in [-0.2, 0) is 14.4 Å². The van der Waals surface area contributed by atoms with Crippen LogP contribution in [0.1, 0.15) is 12.0 Å². The molecule has 1 heterocycles. The number of anilines is 1. The van der Waals surface area contributed by atoms with E-state index in [1.807, 2.05) is 19.1 Å². The molecule has 7 heteroatoms. The summed E-state index contributed by atoms with van der Waals surface area (Å²) in [6.07, 6.45) is 0.891. The van der Waals surface area contributed by atoms with Gasteiger partial charge in [0.15, 0.2) is 0 Å². The van der Waals surface area contributed by atoms with Gasteiger partial charge in [-0.15, -0.1) is 0 Å². The van der Waals surface area contributed by atoms with E-state index >= 15 is 0 Å². The van der Waals surface area contributed by atoms with E-state index in [9.17, 15) is 14.4 Å². The van der Waals surface area contributed by atoms with E-state index in [1.165, 1.54) is 0 Å². The summed E-state index contributed by atoms with van der Waals surface area (Å²) in [5.74, 6) is -0.938. The molecule has 2 bridgehead atoms. The van der Waals surface area contributed by atoms with Crippen LogP contribution in [-0.4, -0.2) is 38.8 Å². The predicted molar refractivity (Wildman–Crippen MR) is 101 cm³/mol. The minimum absolute atomic E-state index is 0.168. The topological polar surface area (TPSA) is 66.5 Å². The second-order valence-corrected chi connectivity index (χ2v) is 9.30. The number of nitrogens with one attached hydrogen (secondary N) is 1. The molecule has 1 N–H and O–H groups in total. The lowest BCUT2D eigenvalue weighted by Gasteiger charge is -2.28. The summed E-state index contributed by atoms with van der Waals surface area (Å²) < 4.78 is 0. The van der Waals surface area contributed by atoms with E-state index in [0.717, 1.165) is 16.9 Å². The van der Waals surface area contributed by atoms with Gasteiger partial charge in [0.25, 0.3) is 0 Å². The standard InChI is InChI=1S/C18H18Br2N2O3/c1-8-2-4-9(5-3-8)21-12(23)7-22-17(24)13-10-6-11(14(13)18(22)25)16(20)15(10)19/h2-5,10-11,13-16H,6-7H2,1H3,(H,21,23)/t10-,11-,13-,14+,15+,16+/m1/s1. The smallest absolute Gasteiger partial charge is 0.244 e. The number of benzene rings is 1. The number of alkyl halides is 2. The van der Waals surface area contributed by atoms with Gasteiger partial charge in [0, 0.05) is 15.3 Å². The van der Waals surface area contributed by atoms with Crippen LogP contribution in [0.5, 0.6) is 0 Å². The average Bonchev–Trinajstić information content (AvgIpc) is 3.17. The summed E-state index contributed by atoms with van der Waals surface area (Å²) in [7, 11) is 0. The van der Waals surface area contributed by atoms with Crippen molar-refractivity contribution in [3.05, 3.63) is 29.8 Å². The molecule has 3 aliphatic rings. The van der Waals surface area contributed by atoms with Gasteiger partial charge < -0.3 is 5.32 Å². The van der Waals surface area contributed by atoms with E-state index in [2.05, 4.69) is 37.2 Å². The van der Waals surface area contributed by atoms with Crippen molar-refractivity contribution in [2.45, 2.75) is 23.0 Å². The lowest BCUT2D eigenvalue weighted by molar-refractivity contribution is -0.143. The Bertz CT molecular complexity index is 719. The number of imide groups is 1. The largest absolute Gasteiger partial charge is 0.325 e. The molecule has 0 spiro atoms. The summed E-state index contributed by atoms with van der Waals surface area (Å²) >= 11 is 7.31. The molecule has 1 saturated heterocycles. The lowest BCUT2D eigenvalue weighted by Crippen LogP contribution is -2.39. The van der Waals surface area contributed by atoms with Crippen molar-refractivity contribution < 1.29 is 14.4 Å². The quantitative estimate of drug-likeness (QED) is 0.546. The zero-order chi connectivity index (χ0) is 17.9. The summed E-state index contributed by atoms with van der Waals surface area (Å²) in [5.41, 5.74) is 1.76. The maximum absolute atomic E-state index is 12.8. The number of nitrogens with zero attached hydrogens (tertiary/aromatic N) is 1. The zero-order valence-corrected chi connectivity index (χ0v) is 16.8. The van der Waals surface area contributed by atoms with Gasteiger partial charge in [-0.2, -0.15) is 0 Å². The first-order valence-corrected chi connectivity index (χ1v) is 10.2. The van der Waals surface area contributed by atoms with E-state index < -0.39 is 0 Å². The van der Waals surface area contributed by atoms with Crippen LogP contribution in [0, 0.1) is 30.6 Å². The van der Waals surface area contributed by atoms with Crippen molar-refractivity contribution in [3.63, 3.8) is 0 Å². The number of rotatable bonds is 3.